The fraction of sp³-hybridized carbons (Fsp3) is 0.263. The summed E-state index contributed by atoms with van der Waals surface area (Å²) in [7, 11) is 4.58. The Balaban J connectivity index is 2.08. The average Bonchev–Trinajstić information content (AvgIpc) is 2.61. The van der Waals surface area contributed by atoms with Crippen LogP contribution in [0.15, 0.2) is 36.4 Å². The molecule has 0 atom stereocenters. The lowest BCUT2D eigenvalue weighted by Crippen LogP contribution is -2.14. The van der Waals surface area contributed by atoms with E-state index in [9.17, 15) is 9.59 Å². The summed E-state index contributed by atoms with van der Waals surface area (Å²) in [6.07, 6.45) is 0.143. The van der Waals surface area contributed by atoms with E-state index in [1.54, 1.807) is 36.4 Å². The van der Waals surface area contributed by atoms with Crippen molar-refractivity contribution < 1.29 is 23.8 Å². The standard InChI is InChI=1S/C19H22N2O5/c1-12(22)20-14-5-7-15(8-6-14)21-18(23)11-13-9-16(24-2)19(26-4)17(10-13)25-3/h5-10H,11H2,1-4H3,(H,20,22)(H,21,23). The van der Waals surface area contributed by atoms with Gasteiger partial charge in [0.05, 0.1) is 27.8 Å². The van der Waals surface area contributed by atoms with Gasteiger partial charge in [0.2, 0.25) is 17.6 Å². The molecule has 0 spiro atoms. The van der Waals surface area contributed by atoms with E-state index in [1.165, 1.54) is 28.3 Å². The van der Waals surface area contributed by atoms with Crippen molar-refractivity contribution in [3.8, 4) is 17.2 Å². The predicted octanol–water partition coefficient (Wildman–Crippen LogP) is 2.85. The number of rotatable bonds is 7. The number of carbonyl (C=O) groups is 2. The van der Waals surface area contributed by atoms with E-state index in [2.05, 4.69) is 10.6 Å². The predicted molar refractivity (Wildman–Crippen MR) is 99.2 cm³/mol. The molecule has 7 heteroatoms. The van der Waals surface area contributed by atoms with Gasteiger partial charge in [-0.05, 0) is 42.0 Å². The number of hydrogen-bond donors (Lipinski definition) is 2. The Labute approximate surface area is 152 Å². The second-order valence-electron chi connectivity index (χ2n) is 5.52. The summed E-state index contributed by atoms with van der Waals surface area (Å²) in [5.74, 6) is 1.13. The zero-order valence-corrected chi connectivity index (χ0v) is 15.2. The summed E-state index contributed by atoms with van der Waals surface area (Å²) < 4.78 is 15.9. The first-order valence-electron chi connectivity index (χ1n) is 7.93. The lowest BCUT2D eigenvalue weighted by Gasteiger charge is -2.14. The van der Waals surface area contributed by atoms with Crippen LogP contribution >= 0.6 is 0 Å². The van der Waals surface area contributed by atoms with Gasteiger partial charge in [-0.3, -0.25) is 9.59 Å². The number of methoxy groups -OCH3 is 3. The van der Waals surface area contributed by atoms with Crippen LogP contribution in [0.5, 0.6) is 17.2 Å². The lowest BCUT2D eigenvalue weighted by atomic mass is 10.1. The smallest absolute Gasteiger partial charge is 0.228 e. The molecule has 0 fully saturated rings. The van der Waals surface area contributed by atoms with E-state index in [1.807, 2.05) is 0 Å². The highest BCUT2D eigenvalue weighted by Gasteiger charge is 2.15. The molecule has 0 saturated heterocycles. The molecule has 0 heterocycles. The molecule has 2 rings (SSSR count). The molecule has 0 unspecified atom stereocenters. The molecule has 0 aromatic heterocycles. The van der Waals surface area contributed by atoms with Gasteiger partial charge in [-0.25, -0.2) is 0 Å². The van der Waals surface area contributed by atoms with Crippen LogP contribution in [-0.2, 0) is 16.0 Å². The largest absolute Gasteiger partial charge is 0.493 e. The van der Waals surface area contributed by atoms with Crippen LogP contribution in [0.3, 0.4) is 0 Å². The van der Waals surface area contributed by atoms with Crippen LogP contribution in [0.25, 0.3) is 0 Å². The summed E-state index contributed by atoms with van der Waals surface area (Å²) in [6, 6.07) is 10.4. The number of nitrogens with one attached hydrogen (secondary N) is 2. The van der Waals surface area contributed by atoms with E-state index >= 15 is 0 Å². The first kappa shape index (κ1) is 19.1. The van der Waals surface area contributed by atoms with E-state index in [4.69, 9.17) is 14.2 Å². The number of hydrogen-bond acceptors (Lipinski definition) is 5. The fourth-order valence-electron chi connectivity index (χ4n) is 2.47. The average molecular weight is 358 g/mol. The first-order valence-corrected chi connectivity index (χ1v) is 7.93. The van der Waals surface area contributed by atoms with Crippen LogP contribution in [-0.4, -0.2) is 33.1 Å². The lowest BCUT2D eigenvalue weighted by molar-refractivity contribution is -0.116. The van der Waals surface area contributed by atoms with E-state index in [0.717, 1.165) is 5.56 Å². The van der Waals surface area contributed by atoms with Gasteiger partial charge in [0.25, 0.3) is 0 Å². The molecule has 2 N–H and O–H groups in total. The molecule has 2 aromatic carbocycles. The topological polar surface area (TPSA) is 85.9 Å². The molecular weight excluding hydrogens is 336 g/mol. The maximum absolute atomic E-state index is 12.3. The Hall–Kier alpha value is -3.22. The Morgan fingerprint density at radius 2 is 1.35 bits per heavy atom. The van der Waals surface area contributed by atoms with Crippen molar-refractivity contribution in [3.05, 3.63) is 42.0 Å². The Morgan fingerprint density at radius 1 is 0.846 bits per heavy atom. The molecule has 26 heavy (non-hydrogen) atoms. The fourth-order valence-corrected chi connectivity index (χ4v) is 2.47. The van der Waals surface area contributed by atoms with E-state index < -0.39 is 0 Å². The van der Waals surface area contributed by atoms with Crippen LogP contribution < -0.4 is 24.8 Å². The van der Waals surface area contributed by atoms with Gasteiger partial charge in [-0.1, -0.05) is 0 Å². The van der Waals surface area contributed by atoms with Gasteiger partial charge in [0.15, 0.2) is 11.5 Å². The highest BCUT2D eigenvalue weighted by Crippen LogP contribution is 2.38. The second kappa shape index (κ2) is 8.75. The summed E-state index contributed by atoms with van der Waals surface area (Å²) in [6.45, 7) is 1.44. The molecule has 0 aliphatic carbocycles. The minimum Gasteiger partial charge on any atom is -0.493 e. The summed E-state index contributed by atoms with van der Waals surface area (Å²) in [4.78, 5) is 23.3. The molecule has 0 aliphatic rings. The van der Waals surface area contributed by atoms with Crippen molar-refractivity contribution in [2.75, 3.05) is 32.0 Å². The van der Waals surface area contributed by atoms with Crippen molar-refractivity contribution in [2.45, 2.75) is 13.3 Å². The SMILES string of the molecule is COc1cc(CC(=O)Nc2ccc(NC(C)=O)cc2)cc(OC)c1OC. The summed E-state index contributed by atoms with van der Waals surface area (Å²) in [5, 5.41) is 5.48. The maximum Gasteiger partial charge on any atom is 0.228 e. The number of benzene rings is 2. The number of carbonyl (C=O) groups excluding carboxylic acids is 2. The summed E-state index contributed by atoms with van der Waals surface area (Å²) >= 11 is 0. The van der Waals surface area contributed by atoms with Crippen molar-refractivity contribution in [1.29, 1.82) is 0 Å². The first-order chi connectivity index (χ1) is 12.5. The normalized spacial score (nSPS) is 10.0. The molecule has 0 bridgehead atoms. The second-order valence-corrected chi connectivity index (χ2v) is 5.52. The van der Waals surface area contributed by atoms with Gasteiger partial charge in [-0.2, -0.15) is 0 Å². The van der Waals surface area contributed by atoms with Crippen LogP contribution in [0, 0.1) is 0 Å². The van der Waals surface area contributed by atoms with E-state index in [0.29, 0.717) is 28.6 Å². The number of anilines is 2. The quantitative estimate of drug-likeness (QED) is 0.795. The molecule has 0 radical (unpaired) electrons. The number of amides is 2. The maximum atomic E-state index is 12.3. The third-order valence-electron chi connectivity index (χ3n) is 3.58. The molecule has 7 nitrogen and oxygen atoms in total. The molecule has 0 aliphatic heterocycles. The Morgan fingerprint density at radius 3 is 1.77 bits per heavy atom. The van der Waals surface area contributed by atoms with Crippen LogP contribution in [0.1, 0.15) is 12.5 Å². The highest BCUT2D eigenvalue weighted by molar-refractivity contribution is 5.93. The van der Waals surface area contributed by atoms with Gasteiger partial charge in [-0.15, -0.1) is 0 Å². The molecule has 2 aromatic rings. The monoisotopic (exact) mass is 358 g/mol. The van der Waals surface area contributed by atoms with E-state index in [-0.39, 0.29) is 18.2 Å². The van der Waals surface area contributed by atoms with Crippen molar-refractivity contribution in [1.82, 2.24) is 0 Å². The zero-order valence-electron chi connectivity index (χ0n) is 15.2. The third kappa shape index (κ3) is 4.89. The van der Waals surface area contributed by atoms with Gasteiger partial charge in [0, 0.05) is 18.3 Å². The van der Waals surface area contributed by atoms with Crippen molar-refractivity contribution in [3.63, 3.8) is 0 Å². The zero-order chi connectivity index (χ0) is 19.1. The van der Waals surface area contributed by atoms with Crippen molar-refractivity contribution >= 4 is 23.2 Å². The van der Waals surface area contributed by atoms with Crippen LogP contribution in [0.2, 0.25) is 0 Å². The molecule has 2 amide bonds. The van der Waals surface area contributed by atoms with Gasteiger partial charge >= 0.3 is 0 Å². The Bertz CT molecular complexity index is 762. The van der Waals surface area contributed by atoms with Crippen molar-refractivity contribution in [2.24, 2.45) is 0 Å². The minimum absolute atomic E-state index is 0.143. The van der Waals surface area contributed by atoms with Gasteiger partial charge in [0.1, 0.15) is 0 Å². The third-order valence-corrected chi connectivity index (χ3v) is 3.58. The summed E-state index contributed by atoms with van der Waals surface area (Å²) in [5.41, 5.74) is 2.03. The molecule has 0 saturated carbocycles. The Kier molecular flexibility index (Phi) is 6.43. The molecular formula is C19H22N2O5. The number of ether oxygens (including phenoxy) is 3. The van der Waals surface area contributed by atoms with Gasteiger partial charge < -0.3 is 24.8 Å². The highest BCUT2D eigenvalue weighted by atomic mass is 16.5. The molecule has 138 valence electrons. The minimum atomic E-state index is -0.188. The van der Waals surface area contributed by atoms with Crippen LogP contribution in [0.4, 0.5) is 11.4 Å².